The van der Waals surface area contributed by atoms with Crippen LogP contribution >= 0.6 is 0 Å². The van der Waals surface area contributed by atoms with Gasteiger partial charge in [0.25, 0.3) is 5.91 Å². The second-order valence-corrected chi connectivity index (χ2v) is 7.21. The third kappa shape index (κ3) is 4.29. The summed E-state index contributed by atoms with van der Waals surface area (Å²) in [4.78, 5) is 23.5. The zero-order valence-electron chi connectivity index (χ0n) is 13.0. The Morgan fingerprint density at radius 3 is 2.52 bits per heavy atom. The molecule has 0 unspecified atom stereocenters. The van der Waals surface area contributed by atoms with Crippen LogP contribution < -0.4 is 10.6 Å². The van der Waals surface area contributed by atoms with E-state index in [1.165, 1.54) is 28.6 Å². The maximum Gasteiger partial charge on any atom is 0.251 e. The molecule has 1 aliphatic heterocycles. The van der Waals surface area contributed by atoms with Crippen molar-refractivity contribution in [1.82, 2.24) is 14.9 Å². The van der Waals surface area contributed by atoms with Gasteiger partial charge in [-0.2, -0.15) is 4.31 Å². The number of benzene rings is 1. The van der Waals surface area contributed by atoms with Gasteiger partial charge in [0.2, 0.25) is 15.9 Å². The van der Waals surface area contributed by atoms with Gasteiger partial charge in [0.1, 0.15) is 0 Å². The summed E-state index contributed by atoms with van der Waals surface area (Å²) in [5, 5.41) is 5.04. The van der Waals surface area contributed by atoms with Crippen molar-refractivity contribution in [2.45, 2.75) is 24.7 Å². The largest absolute Gasteiger partial charge is 0.355 e. The lowest BCUT2D eigenvalue weighted by Gasteiger charge is -2.16. The second-order valence-electron chi connectivity index (χ2n) is 5.28. The maximum absolute atomic E-state index is 12.5. The molecule has 1 fully saturated rings. The van der Waals surface area contributed by atoms with Gasteiger partial charge in [0.15, 0.2) is 0 Å². The molecule has 7 nitrogen and oxygen atoms in total. The molecule has 23 heavy (non-hydrogen) atoms. The molecule has 0 bridgehead atoms. The Balaban J connectivity index is 2.10. The number of amides is 2. The summed E-state index contributed by atoms with van der Waals surface area (Å²) in [5.74, 6) is -0.767. The van der Waals surface area contributed by atoms with E-state index in [0.717, 1.165) is 12.8 Å². The summed E-state index contributed by atoms with van der Waals surface area (Å²) < 4.78 is 26.4. The Labute approximate surface area is 136 Å². The van der Waals surface area contributed by atoms with Gasteiger partial charge in [-0.25, -0.2) is 8.42 Å². The lowest BCUT2D eigenvalue weighted by atomic mass is 10.2. The zero-order valence-corrected chi connectivity index (χ0v) is 13.9. The van der Waals surface area contributed by atoms with E-state index >= 15 is 0 Å². The van der Waals surface area contributed by atoms with Crippen molar-refractivity contribution in [2.24, 2.45) is 0 Å². The average Bonchev–Trinajstić information content (AvgIpc) is 3.08. The van der Waals surface area contributed by atoms with Gasteiger partial charge in [0, 0.05) is 25.2 Å². The summed E-state index contributed by atoms with van der Waals surface area (Å²) in [6.07, 6.45) is 1.71. The zero-order chi connectivity index (χ0) is 16.9. The van der Waals surface area contributed by atoms with Crippen molar-refractivity contribution in [2.75, 3.05) is 26.2 Å². The molecule has 1 aromatic carbocycles. The molecule has 1 aromatic rings. The van der Waals surface area contributed by atoms with Crippen LogP contribution in [0.4, 0.5) is 0 Å². The van der Waals surface area contributed by atoms with Crippen molar-refractivity contribution in [3.8, 4) is 0 Å². The van der Waals surface area contributed by atoms with Crippen LogP contribution in [0.2, 0.25) is 0 Å². The first kappa shape index (κ1) is 17.4. The molecule has 0 aliphatic carbocycles. The molecule has 0 saturated carbocycles. The molecule has 1 heterocycles. The van der Waals surface area contributed by atoms with Crippen molar-refractivity contribution >= 4 is 21.8 Å². The van der Waals surface area contributed by atoms with Crippen molar-refractivity contribution < 1.29 is 18.0 Å². The molecule has 2 N–H and O–H groups in total. The van der Waals surface area contributed by atoms with E-state index in [-0.39, 0.29) is 22.9 Å². The van der Waals surface area contributed by atoms with Crippen molar-refractivity contribution in [3.63, 3.8) is 0 Å². The number of nitrogens with zero attached hydrogens (tertiary/aromatic N) is 1. The minimum Gasteiger partial charge on any atom is -0.355 e. The number of carbonyl (C=O) groups excluding carboxylic acids is 2. The van der Waals surface area contributed by atoms with Crippen molar-refractivity contribution in [3.05, 3.63) is 29.8 Å². The Morgan fingerprint density at radius 1 is 1.17 bits per heavy atom. The van der Waals surface area contributed by atoms with E-state index in [0.29, 0.717) is 19.6 Å². The topological polar surface area (TPSA) is 95.6 Å². The van der Waals surface area contributed by atoms with E-state index in [9.17, 15) is 18.0 Å². The van der Waals surface area contributed by atoms with Crippen LogP contribution in [0.25, 0.3) is 0 Å². The SMILES string of the molecule is CCNC(=O)CNC(=O)c1cccc(S(=O)(=O)N2CCCC2)c1. The highest BCUT2D eigenvalue weighted by molar-refractivity contribution is 7.89. The summed E-state index contributed by atoms with van der Waals surface area (Å²) in [5.41, 5.74) is 0.217. The predicted octanol–water partition coefficient (Wildman–Crippen LogP) is 0.337. The van der Waals surface area contributed by atoms with Gasteiger partial charge in [-0.1, -0.05) is 6.07 Å². The monoisotopic (exact) mass is 339 g/mol. The molecule has 0 atom stereocenters. The Hall–Kier alpha value is -1.93. The molecule has 0 radical (unpaired) electrons. The highest BCUT2D eigenvalue weighted by atomic mass is 32.2. The van der Waals surface area contributed by atoms with Crippen LogP contribution in [-0.4, -0.2) is 50.7 Å². The third-order valence-corrected chi connectivity index (χ3v) is 5.48. The van der Waals surface area contributed by atoms with Gasteiger partial charge < -0.3 is 10.6 Å². The molecule has 1 aliphatic rings. The van der Waals surface area contributed by atoms with Gasteiger partial charge in [0.05, 0.1) is 11.4 Å². The normalized spacial score (nSPS) is 15.3. The van der Waals surface area contributed by atoms with Crippen LogP contribution in [0, 0.1) is 0 Å². The quantitative estimate of drug-likeness (QED) is 0.781. The third-order valence-electron chi connectivity index (χ3n) is 3.58. The average molecular weight is 339 g/mol. The Bertz CT molecular complexity index is 682. The Kier molecular flexibility index (Phi) is 5.73. The smallest absolute Gasteiger partial charge is 0.251 e. The number of nitrogens with one attached hydrogen (secondary N) is 2. The molecule has 2 rings (SSSR count). The van der Waals surface area contributed by atoms with Gasteiger partial charge >= 0.3 is 0 Å². The van der Waals surface area contributed by atoms with Crippen LogP contribution in [0.15, 0.2) is 29.2 Å². The van der Waals surface area contributed by atoms with Crippen LogP contribution in [0.3, 0.4) is 0 Å². The fourth-order valence-corrected chi connectivity index (χ4v) is 3.96. The summed E-state index contributed by atoms with van der Waals surface area (Å²) in [6.45, 7) is 3.15. The summed E-state index contributed by atoms with van der Waals surface area (Å²) >= 11 is 0. The van der Waals surface area contributed by atoms with Gasteiger partial charge in [-0.15, -0.1) is 0 Å². The second kappa shape index (κ2) is 7.56. The van der Waals surface area contributed by atoms with E-state index in [2.05, 4.69) is 10.6 Å². The number of hydrogen-bond donors (Lipinski definition) is 2. The first-order valence-corrected chi connectivity index (χ1v) is 9.04. The molecule has 2 amide bonds. The number of sulfonamides is 1. The first-order valence-electron chi connectivity index (χ1n) is 7.60. The Morgan fingerprint density at radius 2 is 1.87 bits per heavy atom. The number of hydrogen-bond acceptors (Lipinski definition) is 4. The van der Waals surface area contributed by atoms with Crippen LogP contribution in [0.5, 0.6) is 0 Å². The maximum atomic E-state index is 12.5. The first-order chi connectivity index (χ1) is 10.9. The highest BCUT2D eigenvalue weighted by Gasteiger charge is 2.27. The number of rotatable bonds is 6. The number of carbonyl (C=O) groups is 2. The molecule has 8 heteroatoms. The minimum absolute atomic E-state index is 0.102. The summed E-state index contributed by atoms with van der Waals surface area (Å²) in [7, 11) is -3.56. The molecule has 0 aromatic heterocycles. The van der Waals surface area contributed by atoms with E-state index in [1.807, 2.05) is 0 Å². The standard InChI is InChI=1S/C15H21N3O4S/c1-2-16-14(19)11-17-15(20)12-6-5-7-13(10-12)23(21,22)18-8-3-4-9-18/h5-7,10H,2-4,8-9,11H2,1H3,(H,16,19)(H,17,20). The van der Waals surface area contributed by atoms with Crippen molar-refractivity contribution in [1.29, 1.82) is 0 Å². The highest BCUT2D eigenvalue weighted by Crippen LogP contribution is 2.21. The molecular weight excluding hydrogens is 318 g/mol. The predicted molar refractivity (Wildman–Crippen MR) is 85.5 cm³/mol. The molecular formula is C15H21N3O4S. The van der Waals surface area contributed by atoms with Crippen LogP contribution in [-0.2, 0) is 14.8 Å². The van der Waals surface area contributed by atoms with Gasteiger partial charge in [-0.3, -0.25) is 9.59 Å². The number of likely N-dealkylation sites (N-methyl/N-ethyl adjacent to an activating group) is 1. The van der Waals surface area contributed by atoms with E-state index in [1.54, 1.807) is 6.92 Å². The van der Waals surface area contributed by atoms with Crippen LogP contribution in [0.1, 0.15) is 30.1 Å². The fraction of sp³-hybridized carbons (Fsp3) is 0.467. The van der Waals surface area contributed by atoms with Gasteiger partial charge in [-0.05, 0) is 38.0 Å². The lowest BCUT2D eigenvalue weighted by Crippen LogP contribution is -2.36. The fourth-order valence-electron chi connectivity index (χ4n) is 2.40. The molecule has 1 saturated heterocycles. The van der Waals surface area contributed by atoms with E-state index < -0.39 is 15.9 Å². The molecule has 126 valence electrons. The van der Waals surface area contributed by atoms with E-state index in [4.69, 9.17) is 0 Å². The molecule has 0 spiro atoms. The minimum atomic E-state index is -3.56. The lowest BCUT2D eigenvalue weighted by molar-refractivity contribution is -0.120. The summed E-state index contributed by atoms with van der Waals surface area (Å²) in [6, 6.07) is 5.88.